The first-order valence-electron chi connectivity index (χ1n) is 7.45. The largest absolute Gasteiger partial charge is 0.419 e. The third-order valence-corrected chi connectivity index (χ3v) is 5.17. The lowest BCUT2D eigenvalue weighted by molar-refractivity contribution is -0.140. The molecule has 1 amide bonds. The Morgan fingerprint density at radius 2 is 1.91 bits per heavy atom. The van der Waals surface area contributed by atoms with Crippen LogP contribution in [0.5, 0.6) is 0 Å². The van der Waals surface area contributed by atoms with E-state index in [4.69, 9.17) is 0 Å². The number of carbonyl (C=O) groups excluding carboxylic acids is 1. The van der Waals surface area contributed by atoms with Crippen molar-refractivity contribution >= 4 is 11.6 Å². The fraction of sp³-hybridized carbons (Fsp3) is 0.562. The summed E-state index contributed by atoms with van der Waals surface area (Å²) < 4.78 is 51.4. The van der Waals surface area contributed by atoms with E-state index in [0.29, 0.717) is 17.9 Å². The van der Waals surface area contributed by atoms with E-state index in [0.717, 1.165) is 25.3 Å². The number of nitrogens with one attached hydrogen (secondary N) is 1. The molecule has 120 valence electrons. The summed E-state index contributed by atoms with van der Waals surface area (Å²) in [5.74, 6) is -0.625. The van der Waals surface area contributed by atoms with Crippen LogP contribution in [0.15, 0.2) is 18.2 Å². The van der Waals surface area contributed by atoms with Gasteiger partial charge in [0.15, 0.2) is 0 Å². The predicted molar refractivity (Wildman–Crippen MR) is 73.5 cm³/mol. The Labute approximate surface area is 125 Å². The highest BCUT2D eigenvalue weighted by molar-refractivity contribution is 5.93. The van der Waals surface area contributed by atoms with Gasteiger partial charge in [0.05, 0.1) is 5.56 Å². The minimum absolute atomic E-state index is 0.00583. The molecule has 6 heteroatoms. The van der Waals surface area contributed by atoms with E-state index in [1.165, 1.54) is 6.07 Å². The molecule has 1 aromatic rings. The van der Waals surface area contributed by atoms with Crippen LogP contribution in [-0.4, -0.2) is 5.91 Å². The van der Waals surface area contributed by atoms with Crippen molar-refractivity contribution < 1.29 is 22.4 Å². The SMILES string of the molecule is CC1C(C(=O)Nc2ccc(F)c(C(F)(F)F)c2)C2CC[C@H]1C2. The lowest BCUT2D eigenvalue weighted by Gasteiger charge is -2.27. The van der Waals surface area contributed by atoms with Crippen molar-refractivity contribution in [2.75, 3.05) is 5.32 Å². The van der Waals surface area contributed by atoms with Crippen molar-refractivity contribution in [2.45, 2.75) is 32.4 Å². The Kier molecular flexibility index (Phi) is 3.65. The molecule has 1 N–H and O–H groups in total. The number of fused-ring (bicyclic) bond motifs is 2. The van der Waals surface area contributed by atoms with E-state index >= 15 is 0 Å². The van der Waals surface area contributed by atoms with Crippen LogP contribution in [0.2, 0.25) is 0 Å². The predicted octanol–water partition coefficient (Wildman–Crippen LogP) is 4.47. The molecule has 2 fully saturated rings. The third-order valence-electron chi connectivity index (χ3n) is 5.17. The Bertz CT molecular complexity index is 596. The number of carbonyl (C=O) groups is 1. The molecule has 2 aliphatic rings. The minimum atomic E-state index is -4.77. The highest BCUT2D eigenvalue weighted by Gasteiger charge is 2.48. The summed E-state index contributed by atoms with van der Waals surface area (Å²) in [6, 6.07) is 2.56. The summed E-state index contributed by atoms with van der Waals surface area (Å²) in [5, 5.41) is 2.53. The molecule has 22 heavy (non-hydrogen) atoms. The standard InChI is InChI=1S/C16H17F4NO/c1-8-9-2-3-10(6-9)14(8)15(22)21-11-4-5-13(17)12(7-11)16(18,19)20/h4-5,7-10,14H,2-3,6H2,1H3,(H,21,22)/t8?,9-,10?,14?/m0/s1. The minimum Gasteiger partial charge on any atom is -0.326 e. The quantitative estimate of drug-likeness (QED) is 0.802. The van der Waals surface area contributed by atoms with E-state index in [9.17, 15) is 22.4 Å². The third kappa shape index (κ3) is 2.59. The summed E-state index contributed by atoms with van der Waals surface area (Å²) in [5.41, 5.74) is -1.36. The maximum absolute atomic E-state index is 13.3. The van der Waals surface area contributed by atoms with Gasteiger partial charge >= 0.3 is 6.18 Å². The van der Waals surface area contributed by atoms with Gasteiger partial charge in [-0.25, -0.2) is 4.39 Å². The summed E-state index contributed by atoms with van der Waals surface area (Å²) in [4.78, 5) is 12.4. The Morgan fingerprint density at radius 1 is 1.23 bits per heavy atom. The molecule has 3 rings (SSSR count). The molecule has 3 unspecified atom stereocenters. The monoisotopic (exact) mass is 315 g/mol. The topological polar surface area (TPSA) is 29.1 Å². The lowest BCUT2D eigenvalue weighted by Crippen LogP contribution is -2.32. The smallest absolute Gasteiger partial charge is 0.326 e. The Balaban J connectivity index is 1.78. The van der Waals surface area contributed by atoms with E-state index in [1.807, 2.05) is 6.92 Å². The lowest BCUT2D eigenvalue weighted by atomic mass is 9.80. The van der Waals surface area contributed by atoms with E-state index in [-0.39, 0.29) is 23.4 Å². The highest BCUT2D eigenvalue weighted by atomic mass is 19.4. The van der Waals surface area contributed by atoms with E-state index in [2.05, 4.69) is 5.32 Å². The number of anilines is 1. The van der Waals surface area contributed by atoms with Gasteiger partial charge in [0.1, 0.15) is 5.82 Å². The molecule has 0 saturated heterocycles. The van der Waals surface area contributed by atoms with Crippen molar-refractivity contribution in [3.05, 3.63) is 29.6 Å². The number of amides is 1. The van der Waals surface area contributed by atoms with Crippen molar-refractivity contribution in [3.63, 3.8) is 0 Å². The van der Waals surface area contributed by atoms with Crippen LogP contribution >= 0.6 is 0 Å². The van der Waals surface area contributed by atoms with Crippen LogP contribution in [-0.2, 0) is 11.0 Å². The summed E-state index contributed by atoms with van der Waals surface area (Å²) in [7, 11) is 0. The number of alkyl halides is 3. The van der Waals surface area contributed by atoms with Crippen LogP contribution in [0.1, 0.15) is 31.7 Å². The van der Waals surface area contributed by atoms with Gasteiger partial charge in [-0.1, -0.05) is 6.92 Å². The highest BCUT2D eigenvalue weighted by Crippen LogP contribution is 2.52. The van der Waals surface area contributed by atoms with Gasteiger partial charge in [-0.15, -0.1) is 0 Å². The van der Waals surface area contributed by atoms with Crippen LogP contribution in [0, 0.1) is 29.5 Å². The van der Waals surface area contributed by atoms with E-state index in [1.54, 1.807) is 0 Å². The van der Waals surface area contributed by atoms with Gasteiger partial charge in [-0.05, 0) is 55.2 Å². The molecule has 2 aliphatic carbocycles. The summed E-state index contributed by atoms with van der Waals surface area (Å²) in [6.45, 7) is 2.03. The Morgan fingerprint density at radius 3 is 2.50 bits per heavy atom. The summed E-state index contributed by atoms with van der Waals surface area (Å²) in [6.07, 6.45) is -1.62. The normalized spacial score (nSPS) is 30.6. The number of rotatable bonds is 2. The maximum Gasteiger partial charge on any atom is 0.419 e. The van der Waals surface area contributed by atoms with Crippen LogP contribution in [0.3, 0.4) is 0 Å². The molecule has 0 spiro atoms. The number of halogens is 4. The van der Waals surface area contributed by atoms with Gasteiger partial charge in [-0.3, -0.25) is 4.79 Å². The maximum atomic E-state index is 13.3. The van der Waals surface area contributed by atoms with Crippen molar-refractivity contribution in [1.29, 1.82) is 0 Å². The average Bonchev–Trinajstić information content (AvgIpc) is 3.00. The molecule has 0 aliphatic heterocycles. The summed E-state index contributed by atoms with van der Waals surface area (Å²) >= 11 is 0. The second kappa shape index (κ2) is 5.25. The van der Waals surface area contributed by atoms with Crippen LogP contribution in [0.25, 0.3) is 0 Å². The first-order chi connectivity index (χ1) is 10.3. The van der Waals surface area contributed by atoms with Crippen LogP contribution in [0.4, 0.5) is 23.2 Å². The van der Waals surface area contributed by atoms with Gasteiger partial charge in [0.2, 0.25) is 5.91 Å². The second-order valence-electron chi connectivity index (χ2n) is 6.40. The molecule has 0 radical (unpaired) electrons. The molecule has 2 nitrogen and oxygen atoms in total. The molecule has 0 heterocycles. The number of benzene rings is 1. The van der Waals surface area contributed by atoms with Gasteiger partial charge in [-0.2, -0.15) is 13.2 Å². The number of hydrogen-bond acceptors (Lipinski definition) is 1. The average molecular weight is 315 g/mol. The fourth-order valence-corrected chi connectivity index (χ4v) is 4.08. The van der Waals surface area contributed by atoms with Crippen LogP contribution < -0.4 is 5.32 Å². The number of hydrogen-bond donors (Lipinski definition) is 1. The zero-order chi connectivity index (χ0) is 16.1. The first-order valence-corrected chi connectivity index (χ1v) is 7.45. The van der Waals surface area contributed by atoms with Gasteiger partial charge < -0.3 is 5.32 Å². The van der Waals surface area contributed by atoms with E-state index < -0.39 is 17.6 Å². The molecule has 1 aromatic carbocycles. The van der Waals surface area contributed by atoms with Gasteiger partial charge in [0.25, 0.3) is 0 Å². The zero-order valence-corrected chi connectivity index (χ0v) is 12.1. The molecular formula is C16H17F4NO. The zero-order valence-electron chi connectivity index (χ0n) is 12.1. The fourth-order valence-electron chi connectivity index (χ4n) is 4.08. The van der Waals surface area contributed by atoms with Crippen molar-refractivity contribution in [1.82, 2.24) is 0 Å². The molecular weight excluding hydrogens is 298 g/mol. The van der Waals surface area contributed by atoms with Gasteiger partial charge in [0, 0.05) is 11.6 Å². The first kappa shape index (κ1) is 15.3. The Hall–Kier alpha value is -1.59. The molecule has 2 bridgehead atoms. The van der Waals surface area contributed by atoms with Crippen molar-refractivity contribution in [2.24, 2.45) is 23.7 Å². The molecule has 2 saturated carbocycles. The molecule has 4 atom stereocenters. The molecule has 0 aromatic heterocycles. The second-order valence-corrected chi connectivity index (χ2v) is 6.40. The van der Waals surface area contributed by atoms with Crippen molar-refractivity contribution in [3.8, 4) is 0 Å².